The molecule has 0 radical (unpaired) electrons. The van der Waals surface area contributed by atoms with E-state index in [1.54, 1.807) is 0 Å². The minimum atomic E-state index is 0.923. The van der Waals surface area contributed by atoms with Gasteiger partial charge in [0.2, 0.25) is 0 Å². The number of nitrogens with zero attached hydrogens (tertiary/aromatic N) is 1. The number of hydrogen-bond donors (Lipinski definition) is 1. The van der Waals surface area contributed by atoms with Crippen molar-refractivity contribution in [3.63, 3.8) is 0 Å². The average molecular weight is 158 g/mol. The van der Waals surface area contributed by atoms with E-state index in [2.05, 4.69) is 22.0 Å². The molecular weight excluding hydrogens is 144 g/mol. The van der Waals surface area contributed by atoms with E-state index in [0.717, 1.165) is 6.04 Å². The van der Waals surface area contributed by atoms with Gasteiger partial charge in [-0.15, -0.1) is 0 Å². The van der Waals surface area contributed by atoms with Gasteiger partial charge in [0.25, 0.3) is 0 Å². The normalized spacial score (nSPS) is 30.0. The molecule has 0 aromatic rings. The third kappa shape index (κ3) is 1.31. The SMILES string of the molecule is C1CN(C2CSC2)CCN1. The van der Waals surface area contributed by atoms with Crippen LogP contribution in [0.15, 0.2) is 0 Å². The second kappa shape index (κ2) is 3.11. The first kappa shape index (κ1) is 6.95. The van der Waals surface area contributed by atoms with Crippen molar-refractivity contribution in [3.05, 3.63) is 0 Å². The van der Waals surface area contributed by atoms with E-state index in [4.69, 9.17) is 0 Å². The van der Waals surface area contributed by atoms with Crippen molar-refractivity contribution in [2.24, 2.45) is 0 Å². The lowest BCUT2D eigenvalue weighted by Gasteiger charge is -2.39. The summed E-state index contributed by atoms with van der Waals surface area (Å²) in [7, 11) is 0. The maximum Gasteiger partial charge on any atom is 0.0278 e. The lowest BCUT2D eigenvalue weighted by molar-refractivity contribution is 0.194. The molecule has 0 unspecified atom stereocenters. The van der Waals surface area contributed by atoms with Gasteiger partial charge in [0.1, 0.15) is 0 Å². The van der Waals surface area contributed by atoms with Crippen LogP contribution in [0.3, 0.4) is 0 Å². The highest BCUT2D eigenvalue weighted by molar-refractivity contribution is 8.00. The zero-order chi connectivity index (χ0) is 6.81. The van der Waals surface area contributed by atoms with Crippen LogP contribution in [-0.2, 0) is 0 Å². The van der Waals surface area contributed by atoms with E-state index in [0.29, 0.717) is 0 Å². The van der Waals surface area contributed by atoms with Crippen molar-refractivity contribution in [1.82, 2.24) is 10.2 Å². The fraction of sp³-hybridized carbons (Fsp3) is 1.00. The summed E-state index contributed by atoms with van der Waals surface area (Å²) in [5.41, 5.74) is 0. The lowest BCUT2D eigenvalue weighted by Crippen LogP contribution is -2.52. The number of thioether (sulfide) groups is 1. The molecule has 0 bridgehead atoms. The number of hydrogen-bond acceptors (Lipinski definition) is 3. The molecule has 1 N–H and O–H groups in total. The predicted octanol–water partition coefficient (Wildman–Crippen LogP) is 0.00700. The van der Waals surface area contributed by atoms with Crippen molar-refractivity contribution >= 4 is 11.8 Å². The molecule has 2 nitrogen and oxygen atoms in total. The van der Waals surface area contributed by atoms with Gasteiger partial charge in [-0.25, -0.2) is 0 Å². The Labute approximate surface area is 66.4 Å². The summed E-state index contributed by atoms with van der Waals surface area (Å²) in [4.78, 5) is 2.62. The van der Waals surface area contributed by atoms with Crippen LogP contribution in [0.1, 0.15) is 0 Å². The Bertz CT molecular complexity index is 108. The van der Waals surface area contributed by atoms with E-state index < -0.39 is 0 Å². The maximum absolute atomic E-state index is 3.37. The monoisotopic (exact) mass is 158 g/mol. The van der Waals surface area contributed by atoms with Gasteiger partial charge in [-0.05, 0) is 0 Å². The molecule has 10 heavy (non-hydrogen) atoms. The minimum Gasteiger partial charge on any atom is -0.314 e. The predicted molar refractivity (Wildman–Crippen MR) is 45.6 cm³/mol. The highest BCUT2D eigenvalue weighted by Gasteiger charge is 2.25. The molecule has 58 valence electrons. The fourth-order valence-corrected chi connectivity index (χ4v) is 2.35. The Morgan fingerprint density at radius 1 is 1.20 bits per heavy atom. The first-order valence-electron chi connectivity index (χ1n) is 3.99. The largest absolute Gasteiger partial charge is 0.314 e. The molecule has 2 heterocycles. The first-order chi connectivity index (χ1) is 4.97. The second-order valence-electron chi connectivity index (χ2n) is 2.98. The van der Waals surface area contributed by atoms with Crippen LogP contribution >= 0.6 is 11.8 Å². The Hall–Kier alpha value is 0.270. The van der Waals surface area contributed by atoms with Gasteiger partial charge < -0.3 is 5.32 Å². The van der Waals surface area contributed by atoms with Crippen molar-refractivity contribution in [1.29, 1.82) is 0 Å². The van der Waals surface area contributed by atoms with Crippen LogP contribution in [0.5, 0.6) is 0 Å². The van der Waals surface area contributed by atoms with Gasteiger partial charge in [-0.3, -0.25) is 4.90 Å². The van der Waals surface area contributed by atoms with Gasteiger partial charge in [-0.2, -0.15) is 11.8 Å². The molecule has 2 rings (SSSR count). The lowest BCUT2D eigenvalue weighted by atomic mass is 10.2. The standard InChI is InChI=1S/C7H14N2S/c1-3-9(4-2-8-1)7-5-10-6-7/h7-8H,1-6H2. The first-order valence-corrected chi connectivity index (χ1v) is 5.15. The van der Waals surface area contributed by atoms with Gasteiger partial charge in [0.15, 0.2) is 0 Å². The minimum absolute atomic E-state index is 0.923. The van der Waals surface area contributed by atoms with Crippen molar-refractivity contribution in [3.8, 4) is 0 Å². The Morgan fingerprint density at radius 3 is 2.40 bits per heavy atom. The Morgan fingerprint density at radius 2 is 1.90 bits per heavy atom. The van der Waals surface area contributed by atoms with E-state index in [1.807, 2.05) is 0 Å². The highest BCUT2D eigenvalue weighted by atomic mass is 32.2. The van der Waals surface area contributed by atoms with Gasteiger partial charge in [-0.1, -0.05) is 0 Å². The molecule has 3 heteroatoms. The Balaban J connectivity index is 1.78. The summed E-state index contributed by atoms with van der Waals surface area (Å²) < 4.78 is 0. The van der Waals surface area contributed by atoms with Crippen LogP contribution in [0.4, 0.5) is 0 Å². The second-order valence-corrected chi connectivity index (χ2v) is 4.05. The maximum atomic E-state index is 3.37. The van der Waals surface area contributed by atoms with Crippen molar-refractivity contribution in [2.45, 2.75) is 6.04 Å². The quantitative estimate of drug-likeness (QED) is 0.578. The summed E-state index contributed by atoms with van der Waals surface area (Å²) in [5.74, 6) is 2.75. The summed E-state index contributed by atoms with van der Waals surface area (Å²) in [6, 6.07) is 0.923. The average Bonchev–Trinajstić information content (AvgIpc) is 1.86. The topological polar surface area (TPSA) is 15.3 Å². The molecule has 0 spiro atoms. The van der Waals surface area contributed by atoms with E-state index in [1.165, 1.54) is 37.7 Å². The summed E-state index contributed by atoms with van der Waals surface area (Å²) in [6.45, 7) is 4.93. The van der Waals surface area contributed by atoms with E-state index >= 15 is 0 Å². The molecule has 0 aliphatic carbocycles. The van der Waals surface area contributed by atoms with E-state index in [-0.39, 0.29) is 0 Å². The zero-order valence-corrected chi connectivity index (χ0v) is 6.99. The van der Waals surface area contributed by atoms with Gasteiger partial charge in [0.05, 0.1) is 0 Å². The van der Waals surface area contributed by atoms with Gasteiger partial charge in [0, 0.05) is 43.7 Å². The third-order valence-electron chi connectivity index (χ3n) is 2.29. The van der Waals surface area contributed by atoms with Crippen molar-refractivity contribution < 1.29 is 0 Å². The molecule has 0 aromatic heterocycles. The molecule has 2 aliphatic rings. The van der Waals surface area contributed by atoms with Crippen LogP contribution in [0, 0.1) is 0 Å². The molecule has 0 atom stereocenters. The van der Waals surface area contributed by atoms with Gasteiger partial charge >= 0.3 is 0 Å². The molecule has 0 saturated carbocycles. The van der Waals surface area contributed by atoms with Crippen LogP contribution < -0.4 is 5.32 Å². The van der Waals surface area contributed by atoms with Crippen LogP contribution in [0.2, 0.25) is 0 Å². The zero-order valence-electron chi connectivity index (χ0n) is 6.18. The summed E-state index contributed by atoms with van der Waals surface area (Å²) in [6.07, 6.45) is 0. The number of piperazine rings is 1. The molecule has 2 fully saturated rings. The number of nitrogens with one attached hydrogen (secondary N) is 1. The molecule has 0 aromatic carbocycles. The molecule has 2 aliphatic heterocycles. The number of rotatable bonds is 1. The smallest absolute Gasteiger partial charge is 0.0278 e. The fourth-order valence-electron chi connectivity index (χ4n) is 1.48. The van der Waals surface area contributed by atoms with E-state index in [9.17, 15) is 0 Å². The van der Waals surface area contributed by atoms with Crippen molar-refractivity contribution in [2.75, 3.05) is 37.7 Å². The highest BCUT2D eigenvalue weighted by Crippen LogP contribution is 2.22. The molecular formula is C7H14N2S. The summed E-state index contributed by atoms with van der Waals surface area (Å²) in [5, 5.41) is 3.37. The van der Waals surface area contributed by atoms with Crippen LogP contribution in [0.25, 0.3) is 0 Å². The molecule has 2 saturated heterocycles. The third-order valence-corrected chi connectivity index (χ3v) is 3.53. The molecule has 0 amide bonds. The summed E-state index contributed by atoms with van der Waals surface area (Å²) >= 11 is 2.08. The Kier molecular flexibility index (Phi) is 2.16. The van der Waals surface area contributed by atoms with Crippen LogP contribution in [-0.4, -0.2) is 48.6 Å².